The highest BCUT2D eigenvalue weighted by Gasteiger charge is 2.24. The van der Waals surface area contributed by atoms with E-state index in [1.807, 2.05) is 13.1 Å². The van der Waals surface area contributed by atoms with Gasteiger partial charge in [0.15, 0.2) is 0 Å². The number of amides is 1. The van der Waals surface area contributed by atoms with Gasteiger partial charge in [0.05, 0.1) is 0 Å². The lowest BCUT2D eigenvalue weighted by Gasteiger charge is -2.35. The number of nitrogens with zero attached hydrogens (tertiary/aromatic N) is 3. The molecule has 0 aromatic carbocycles. The highest BCUT2D eigenvalue weighted by atomic mass is 16.5. The summed E-state index contributed by atoms with van der Waals surface area (Å²) in [4.78, 5) is 20.7. The van der Waals surface area contributed by atoms with E-state index in [0.717, 1.165) is 25.3 Å². The van der Waals surface area contributed by atoms with E-state index in [-0.39, 0.29) is 12.1 Å². The molecule has 140 valence electrons. The Balaban J connectivity index is 1.93. The van der Waals surface area contributed by atoms with Gasteiger partial charge in [-0.05, 0) is 51.8 Å². The molecule has 25 heavy (non-hydrogen) atoms. The number of nitrogens with one attached hydrogen (secondary N) is 1. The molecule has 1 aliphatic heterocycles. The van der Waals surface area contributed by atoms with Crippen LogP contribution < -0.4 is 10.2 Å². The second-order valence-corrected chi connectivity index (χ2v) is 6.98. The second-order valence-electron chi connectivity index (χ2n) is 6.98. The van der Waals surface area contributed by atoms with E-state index in [2.05, 4.69) is 53.1 Å². The van der Waals surface area contributed by atoms with Crippen molar-refractivity contribution in [3.8, 4) is 0 Å². The van der Waals surface area contributed by atoms with Crippen LogP contribution in [0, 0.1) is 0 Å². The summed E-state index contributed by atoms with van der Waals surface area (Å²) in [7, 11) is 2.06. The molecule has 2 heterocycles. The molecule has 1 amide bonds. The van der Waals surface area contributed by atoms with Gasteiger partial charge in [-0.25, -0.2) is 9.78 Å². The minimum Gasteiger partial charge on any atom is -0.448 e. The number of alkyl carbamates (subject to hydrolysis) is 1. The van der Waals surface area contributed by atoms with Crippen LogP contribution in [0.5, 0.6) is 0 Å². The van der Waals surface area contributed by atoms with Gasteiger partial charge in [-0.3, -0.25) is 4.90 Å². The largest absolute Gasteiger partial charge is 0.448 e. The van der Waals surface area contributed by atoms with Crippen LogP contribution in [-0.4, -0.2) is 54.8 Å². The Bertz CT molecular complexity index is 533. The highest BCUT2D eigenvalue weighted by molar-refractivity contribution is 5.66. The van der Waals surface area contributed by atoms with Gasteiger partial charge in [0.1, 0.15) is 12.4 Å². The van der Waals surface area contributed by atoms with Gasteiger partial charge in [-0.15, -0.1) is 0 Å². The minimum atomic E-state index is -0.323. The number of likely N-dealkylation sites (tertiary alicyclic amines) is 1. The SMILES string of the molecule is CCNC(=O)OCC1CCCCN1Cc1ccc(N(C)C(C)C)nc1. The average Bonchev–Trinajstić information content (AvgIpc) is 2.61. The van der Waals surface area contributed by atoms with Crippen molar-refractivity contribution < 1.29 is 9.53 Å². The topological polar surface area (TPSA) is 57.7 Å². The first-order valence-corrected chi connectivity index (χ1v) is 9.33. The number of carbonyl (C=O) groups excluding carboxylic acids is 1. The average molecular weight is 348 g/mol. The van der Waals surface area contributed by atoms with Crippen molar-refractivity contribution in [1.29, 1.82) is 0 Å². The third-order valence-corrected chi connectivity index (χ3v) is 4.81. The molecule has 0 aliphatic carbocycles. The molecule has 1 aromatic heterocycles. The van der Waals surface area contributed by atoms with Crippen LogP contribution in [0.15, 0.2) is 18.3 Å². The number of carbonyl (C=O) groups is 1. The van der Waals surface area contributed by atoms with E-state index >= 15 is 0 Å². The number of anilines is 1. The summed E-state index contributed by atoms with van der Waals surface area (Å²) in [5.74, 6) is 0.994. The summed E-state index contributed by atoms with van der Waals surface area (Å²) in [6.07, 6.45) is 5.09. The van der Waals surface area contributed by atoms with Crippen LogP contribution in [0.3, 0.4) is 0 Å². The van der Waals surface area contributed by atoms with Crippen molar-refractivity contribution in [3.05, 3.63) is 23.9 Å². The molecule has 1 atom stereocenters. The Labute approximate surface area is 151 Å². The molecule has 0 saturated carbocycles. The molecule has 2 rings (SSSR count). The smallest absolute Gasteiger partial charge is 0.407 e. The van der Waals surface area contributed by atoms with E-state index in [1.165, 1.54) is 18.4 Å². The standard InChI is InChI=1S/C19H32N4O2/c1-5-20-19(24)25-14-17-8-6-7-11-23(17)13-16-9-10-18(21-12-16)22(4)15(2)3/h9-10,12,15,17H,5-8,11,13-14H2,1-4H3,(H,20,24). The highest BCUT2D eigenvalue weighted by Crippen LogP contribution is 2.21. The third-order valence-electron chi connectivity index (χ3n) is 4.81. The number of piperidine rings is 1. The number of hydrogen-bond donors (Lipinski definition) is 1. The van der Waals surface area contributed by atoms with E-state index in [1.54, 1.807) is 0 Å². The predicted molar refractivity (Wildman–Crippen MR) is 101 cm³/mol. The van der Waals surface area contributed by atoms with Gasteiger partial charge in [0.25, 0.3) is 0 Å². The molecule has 1 aromatic rings. The maximum Gasteiger partial charge on any atom is 0.407 e. The minimum absolute atomic E-state index is 0.286. The van der Waals surface area contributed by atoms with Crippen molar-refractivity contribution in [2.75, 3.05) is 31.6 Å². The number of ether oxygens (including phenoxy) is 1. The van der Waals surface area contributed by atoms with Crippen molar-refractivity contribution in [3.63, 3.8) is 0 Å². The summed E-state index contributed by atoms with van der Waals surface area (Å²) in [5.41, 5.74) is 1.20. The zero-order chi connectivity index (χ0) is 18.2. The third kappa shape index (κ3) is 5.88. The van der Waals surface area contributed by atoms with Gasteiger partial charge in [0.2, 0.25) is 0 Å². The first-order valence-electron chi connectivity index (χ1n) is 9.33. The molecule has 1 aliphatic rings. The maximum absolute atomic E-state index is 11.5. The lowest BCUT2D eigenvalue weighted by Crippen LogP contribution is -2.43. The monoisotopic (exact) mass is 348 g/mol. The number of pyridine rings is 1. The number of rotatable bonds is 7. The number of hydrogen-bond acceptors (Lipinski definition) is 5. The first-order chi connectivity index (χ1) is 12.0. The fraction of sp³-hybridized carbons (Fsp3) is 0.684. The van der Waals surface area contributed by atoms with Gasteiger partial charge < -0.3 is 15.0 Å². The fourth-order valence-electron chi connectivity index (χ4n) is 3.04. The van der Waals surface area contributed by atoms with Crippen LogP contribution in [-0.2, 0) is 11.3 Å². The lowest BCUT2D eigenvalue weighted by atomic mass is 10.0. The summed E-state index contributed by atoms with van der Waals surface area (Å²) in [6, 6.07) is 4.95. The Morgan fingerprint density at radius 1 is 1.44 bits per heavy atom. The quantitative estimate of drug-likeness (QED) is 0.821. The molecule has 0 bridgehead atoms. The van der Waals surface area contributed by atoms with Crippen molar-refractivity contribution >= 4 is 11.9 Å². The van der Waals surface area contributed by atoms with Gasteiger partial charge in [0, 0.05) is 38.4 Å². The molecule has 6 nitrogen and oxygen atoms in total. The van der Waals surface area contributed by atoms with E-state index < -0.39 is 0 Å². The second kappa shape index (κ2) is 9.61. The maximum atomic E-state index is 11.5. The van der Waals surface area contributed by atoms with Crippen molar-refractivity contribution in [1.82, 2.24) is 15.2 Å². The lowest BCUT2D eigenvalue weighted by molar-refractivity contribution is 0.0641. The molecular formula is C19H32N4O2. The number of aromatic nitrogens is 1. The molecular weight excluding hydrogens is 316 g/mol. The molecule has 1 fully saturated rings. The Hall–Kier alpha value is -1.82. The summed E-state index contributed by atoms with van der Waals surface area (Å²) >= 11 is 0. The molecule has 1 N–H and O–H groups in total. The van der Waals surface area contributed by atoms with E-state index in [4.69, 9.17) is 4.74 Å². The van der Waals surface area contributed by atoms with Crippen LogP contribution in [0.2, 0.25) is 0 Å². The molecule has 1 saturated heterocycles. The predicted octanol–water partition coefficient (Wildman–Crippen LogP) is 3.03. The Morgan fingerprint density at radius 2 is 2.24 bits per heavy atom. The van der Waals surface area contributed by atoms with Crippen molar-refractivity contribution in [2.24, 2.45) is 0 Å². The molecule has 0 spiro atoms. The zero-order valence-corrected chi connectivity index (χ0v) is 16.0. The van der Waals surface area contributed by atoms with Crippen molar-refractivity contribution in [2.45, 2.75) is 58.7 Å². The first kappa shape index (κ1) is 19.5. The van der Waals surface area contributed by atoms with Gasteiger partial charge in [-0.2, -0.15) is 0 Å². The van der Waals surface area contributed by atoms with E-state index in [9.17, 15) is 4.79 Å². The normalized spacial score (nSPS) is 18.2. The summed E-state index contributed by atoms with van der Waals surface area (Å²) in [6.45, 7) is 9.13. The van der Waals surface area contributed by atoms with Gasteiger partial charge >= 0.3 is 6.09 Å². The van der Waals surface area contributed by atoms with Crippen LogP contribution in [0.1, 0.15) is 45.6 Å². The van der Waals surface area contributed by atoms with E-state index in [0.29, 0.717) is 19.2 Å². The Kier molecular flexibility index (Phi) is 7.50. The Morgan fingerprint density at radius 3 is 2.88 bits per heavy atom. The summed E-state index contributed by atoms with van der Waals surface area (Å²) in [5, 5.41) is 2.68. The van der Waals surface area contributed by atoms with Gasteiger partial charge in [-0.1, -0.05) is 12.5 Å². The molecule has 6 heteroatoms. The summed E-state index contributed by atoms with van der Waals surface area (Å²) < 4.78 is 5.35. The van der Waals surface area contributed by atoms with Crippen LogP contribution >= 0.6 is 0 Å². The van der Waals surface area contributed by atoms with Crippen LogP contribution in [0.4, 0.5) is 10.6 Å². The molecule has 0 radical (unpaired) electrons. The molecule has 1 unspecified atom stereocenters. The zero-order valence-electron chi connectivity index (χ0n) is 16.0. The van der Waals surface area contributed by atoms with Crippen LogP contribution in [0.25, 0.3) is 0 Å². The fourth-order valence-corrected chi connectivity index (χ4v) is 3.04.